The Labute approximate surface area is 213 Å². The van der Waals surface area contributed by atoms with E-state index in [9.17, 15) is 14.3 Å². The summed E-state index contributed by atoms with van der Waals surface area (Å²) in [5, 5.41) is 17.9. The molecule has 2 aliphatic rings. The molecule has 0 amide bonds. The lowest BCUT2D eigenvalue weighted by Crippen LogP contribution is -2.32. The lowest BCUT2D eigenvalue weighted by Gasteiger charge is -2.35. The number of carboxylic acids is 1. The highest BCUT2D eigenvalue weighted by molar-refractivity contribution is 5.93. The zero-order valence-corrected chi connectivity index (χ0v) is 21.1. The third-order valence-electron chi connectivity index (χ3n) is 8.43. The van der Waals surface area contributed by atoms with Crippen molar-refractivity contribution in [2.75, 3.05) is 20.3 Å². The smallest absolute Gasteiger partial charge is 0.309 e. The molecule has 6 rings (SSSR count). The quantitative estimate of drug-likeness (QED) is 0.360. The molecule has 4 heterocycles. The molecule has 0 unspecified atom stereocenters. The van der Waals surface area contributed by atoms with Gasteiger partial charge in [0.15, 0.2) is 17.2 Å². The second-order valence-electron chi connectivity index (χ2n) is 10.6. The first-order chi connectivity index (χ1) is 17.9. The highest BCUT2D eigenvalue weighted by Gasteiger charge is 2.40. The van der Waals surface area contributed by atoms with E-state index in [1.165, 1.54) is 24.4 Å². The van der Waals surface area contributed by atoms with Crippen LogP contribution in [0.5, 0.6) is 5.75 Å². The molecule has 0 atom stereocenters. The van der Waals surface area contributed by atoms with E-state index in [1.807, 2.05) is 6.92 Å². The summed E-state index contributed by atoms with van der Waals surface area (Å²) in [6, 6.07) is 7.05. The average molecular weight is 507 g/mol. The monoisotopic (exact) mass is 506 g/mol. The number of halogens is 1. The average Bonchev–Trinajstić information content (AvgIpc) is 3.50. The highest BCUT2D eigenvalue weighted by atomic mass is 19.1. The fourth-order valence-corrected chi connectivity index (χ4v) is 6.21. The molecule has 1 saturated carbocycles. The van der Waals surface area contributed by atoms with E-state index >= 15 is 0 Å². The Hall–Kier alpha value is -3.46. The van der Waals surface area contributed by atoms with Crippen molar-refractivity contribution in [2.45, 2.75) is 57.3 Å². The van der Waals surface area contributed by atoms with E-state index in [4.69, 9.17) is 14.5 Å². The van der Waals surface area contributed by atoms with Gasteiger partial charge in [0.2, 0.25) is 0 Å². The van der Waals surface area contributed by atoms with Crippen LogP contribution in [0, 0.1) is 11.2 Å². The lowest BCUT2D eigenvalue weighted by atomic mass is 9.69. The van der Waals surface area contributed by atoms with Crippen molar-refractivity contribution >= 4 is 28.0 Å². The summed E-state index contributed by atoms with van der Waals surface area (Å²) in [4.78, 5) is 17.0. The summed E-state index contributed by atoms with van der Waals surface area (Å²) in [6.45, 7) is 3.21. The second-order valence-corrected chi connectivity index (χ2v) is 10.6. The van der Waals surface area contributed by atoms with Gasteiger partial charge in [-0.25, -0.2) is 9.37 Å². The predicted molar refractivity (Wildman–Crippen MR) is 137 cm³/mol. The lowest BCUT2D eigenvalue weighted by molar-refractivity contribution is -0.149. The summed E-state index contributed by atoms with van der Waals surface area (Å²) >= 11 is 0. The number of carboxylic acid groups (broad SMARTS) is 1. The number of aromatic nitrogens is 4. The molecule has 0 radical (unpaired) electrons. The maximum Gasteiger partial charge on any atom is 0.309 e. The van der Waals surface area contributed by atoms with Crippen molar-refractivity contribution in [3.8, 4) is 11.4 Å². The molecule has 194 valence electrons. The van der Waals surface area contributed by atoms with Crippen LogP contribution in [0.25, 0.3) is 27.8 Å². The van der Waals surface area contributed by atoms with E-state index in [2.05, 4.69) is 20.8 Å². The number of nitrogens with one attached hydrogen (secondary N) is 1. The predicted octanol–water partition coefficient (Wildman–Crippen LogP) is 5.69. The van der Waals surface area contributed by atoms with Crippen molar-refractivity contribution in [2.24, 2.45) is 5.41 Å². The normalized spacial score (nSPS) is 23.1. The van der Waals surface area contributed by atoms with Gasteiger partial charge in [-0.15, -0.1) is 0 Å². The Balaban J connectivity index is 1.61. The molecule has 0 spiro atoms. The van der Waals surface area contributed by atoms with Crippen LogP contribution in [0.2, 0.25) is 0 Å². The fourth-order valence-electron chi connectivity index (χ4n) is 6.21. The van der Waals surface area contributed by atoms with Gasteiger partial charge in [0.05, 0.1) is 29.8 Å². The summed E-state index contributed by atoms with van der Waals surface area (Å²) in [5.74, 6) is -0.548. The first-order valence-electron chi connectivity index (χ1n) is 12.9. The molecule has 1 aromatic carbocycles. The van der Waals surface area contributed by atoms with Gasteiger partial charge in [0, 0.05) is 47.5 Å². The molecule has 0 bridgehead atoms. The van der Waals surface area contributed by atoms with Crippen LogP contribution in [0.3, 0.4) is 0 Å². The van der Waals surface area contributed by atoms with Crippen LogP contribution < -0.4 is 4.74 Å². The Morgan fingerprint density at radius 1 is 1.19 bits per heavy atom. The Bertz CT molecular complexity index is 1480. The maximum absolute atomic E-state index is 14.4. The number of ether oxygens (including phenoxy) is 2. The van der Waals surface area contributed by atoms with Crippen molar-refractivity contribution in [3.05, 3.63) is 47.5 Å². The van der Waals surface area contributed by atoms with Crippen molar-refractivity contribution in [1.29, 1.82) is 0 Å². The number of pyridine rings is 1. The number of rotatable bonds is 5. The van der Waals surface area contributed by atoms with Gasteiger partial charge < -0.3 is 19.1 Å². The molecule has 4 aromatic rings. The van der Waals surface area contributed by atoms with Crippen LogP contribution in [0.1, 0.15) is 68.5 Å². The number of carbonyl (C=O) groups is 1. The molecule has 1 aliphatic heterocycles. The molecule has 1 saturated heterocycles. The molecule has 1 aliphatic carbocycles. The van der Waals surface area contributed by atoms with Crippen LogP contribution in [0.15, 0.2) is 30.5 Å². The van der Waals surface area contributed by atoms with E-state index < -0.39 is 17.2 Å². The molecule has 2 fully saturated rings. The zero-order valence-electron chi connectivity index (χ0n) is 21.1. The van der Waals surface area contributed by atoms with Gasteiger partial charge in [0.1, 0.15) is 0 Å². The summed E-state index contributed by atoms with van der Waals surface area (Å²) < 4.78 is 27.7. The van der Waals surface area contributed by atoms with Gasteiger partial charge in [0.25, 0.3) is 0 Å². The number of fused-ring (bicyclic) bond motifs is 2. The van der Waals surface area contributed by atoms with Crippen molar-refractivity contribution in [1.82, 2.24) is 19.7 Å². The van der Waals surface area contributed by atoms with Crippen LogP contribution in [0.4, 0.5) is 4.39 Å². The highest BCUT2D eigenvalue weighted by Crippen LogP contribution is 2.49. The van der Waals surface area contributed by atoms with E-state index in [0.29, 0.717) is 31.7 Å². The van der Waals surface area contributed by atoms with Gasteiger partial charge >= 0.3 is 5.97 Å². The SMILES string of the molecule is COc1cc(-n2c(C3CCOCC3)c(C3CCC(C)(C(=O)O)CC3)c3nc4[nH]ncc4cc32)ccc1F. The van der Waals surface area contributed by atoms with Gasteiger partial charge in [-0.3, -0.25) is 9.89 Å². The van der Waals surface area contributed by atoms with Crippen molar-refractivity contribution < 1.29 is 23.8 Å². The number of hydrogen-bond acceptors (Lipinski definition) is 5. The van der Waals surface area contributed by atoms with Crippen molar-refractivity contribution in [3.63, 3.8) is 0 Å². The number of benzene rings is 1. The number of H-pyrrole nitrogens is 1. The largest absolute Gasteiger partial charge is 0.494 e. The van der Waals surface area contributed by atoms with Gasteiger partial charge in [-0.2, -0.15) is 5.10 Å². The molecular formula is C28H31FN4O4. The van der Waals surface area contributed by atoms with Crippen LogP contribution in [-0.4, -0.2) is 51.1 Å². The zero-order chi connectivity index (χ0) is 25.7. The Morgan fingerprint density at radius 3 is 2.65 bits per heavy atom. The molecule has 3 aromatic heterocycles. The van der Waals surface area contributed by atoms with Gasteiger partial charge in [-0.05, 0) is 69.6 Å². The van der Waals surface area contributed by atoms with Crippen LogP contribution >= 0.6 is 0 Å². The maximum atomic E-state index is 14.4. The molecule has 8 nitrogen and oxygen atoms in total. The van der Waals surface area contributed by atoms with Crippen LogP contribution in [-0.2, 0) is 9.53 Å². The minimum atomic E-state index is -0.728. The first kappa shape index (κ1) is 23.9. The Morgan fingerprint density at radius 2 is 1.95 bits per heavy atom. The number of nitrogens with zero attached hydrogens (tertiary/aromatic N) is 3. The Kier molecular flexibility index (Phi) is 5.90. The standard InChI is InChI=1S/C28H31FN4O4/c1-28(27(34)35)9-5-16(6-10-28)23-24-21(13-18-15-30-32-26(18)31-24)33(25(23)17-7-11-37-12-8-17)19-3-4-20(29)22(14-19)36-2/h3-4,13-17H,5-12H2,1-2H3,(H,34,35)(H,30,31,32). The van der Waals surface area contributed by atoms with E-state index in [0.717, 1.165) is 47.8 Å². The molecule has 9 heteroatoms. The van der Waals surface area contributed by atoms with E-state index in [-0.39, 0.29) is 17.6 Å². The number of aliphatic carboxylic acids is 1. The van der Waals surface area contributed by atoms with E-state index in [1.54, 1.807) is 18.3 Å². The molecular weight excluding hydrogens is 475 g/mol. The molecule has 37 heavy (non-hydrogen) atoms. The third kappa shape index (κ3) is 3.96. The minimum Gasteiger partial charge on any atom is -0.494 e. The third-order valence-corrected chi connectivity index (χ3v) is 8.43. The minimum absolute atomic E-state index is 0.171. The summed E-state index contributed by atoms with van der Waals surface area (Å²) in [5.41, 5.74) is 5.00. The summed E-state index contributed by atoms with van der Waals surface area (Å²) in [6.07, 6.45) is 6.28. The number of aromatic amines is 1. The topological polar surface area (TPSA) is 102 Å². The fraction of sp³-hybridized carbons (Fsp3) is 0.464. The number of methoxy groups -OCH3 is 1. The second kappa shape index (κ2) is 9.13. The first-order valence-corrected chi connectivity index (χ1v) is 12.9. The molecule has 2 N–H and O–H groups in total. The summed E-state index contributed by atoms with van der Waals surface area (Å²) in [7, 11) is 1.47. The number of hydrogen-bond donors (Lipinski definition) is 2. The van der Waals surface area contributed by atoms with Gasteiger partial charge in [-0.1, -0.05) is 0 Å².